The van der Waals surface area contributed by atoms with Gasteiger partial charge >= 0.3 is 0 Å². The molecule has 0 radical (unpaired) electrons. The van der Waals surface area contributed by atoms with E-state index < -0.39 is 21.5 Å². The van der Waals surface area contributed by atoms with E-state index in [0.29, 0.717) is 5.69 Å². The summed E-state index contributed by atoms with van der Waals surface area (Å²) in [6.45, 7) is 7.45. The number of carbonyl (C=O) groups excluding carboxylic acids is 1. The average molecular weight is 273 g/mol. The number of sulfone groups is 1. The van der Waals surface area contributed by atoms with Gasteiger partial charge in [0.15, 0.2) is 9.84 Å². The van der Waals surface area contributed by atoms with Crippen molar-refractivity contribution in [2.45, 2.75) is 33.2 Å². The molecule has 1 amide bonds. The first-order valence-electron chi connectivity index (χ1n) is 5.69. The van der Waals surface area contributed by atoms with E-state index >= 15 is 0 Å². The van der Waals surface area contributed by atoms with E-state index in [4.69, 9.17) is 0 Å². The van der Waals surface area contributed by atoms with Gasteiger partial charge in [0, 0.05) is 11.9 Å². The van der Waals surface area contributed by atoms with Crippen LogP contribution < -0.4 is 5.32 Å². The zero-order valence-electron chi connectivity index (χ0n) is 11.1. The predicted octanol–water partition coefficient (Wildman–Crippen LogP) is 1.01. The second-order valence-electron chi connectivity index (χ2n) is 5.07. The van der Waals surface area contributed by atoms with Crippen LogP contribution in [0, 0.1) is 0 Å². The molecule has 0 fully saturated rings. The summed E-state index contributed by atoms with van der Waals surface area (Å²) in [5.74, 6) is -1.07. The molecule has 0 aliphatic carbocycles. The summed E-state index contributed by atoms with van der Waals surface area (Å²) in [5.41, 5.74) is 0.319. The van der Waals surface area contributed by atoms with Crippen molar-refractivity contribution in [3.05, 3.63) is 12.4 Å². The highest BCUT2D eigenvalue weighted by molar-refractivity contribution is 7.92. The van der Waals surface area contributed by atoms with Gasteiger partial charge in [0.05, 0.1) is 17.4 Å². The molecule has 6 nitrogen and oxygen atoms in total. The Kier molecular flexibility index (Phi) is 4.16. The Morgan fingerprint density at radius 1 is 1.44 bits per heavy atom. The van der Waals surface area contributed by atoms with E-state index in [9.17, 15) is 13.2 Å². The number of amides is 1. The molecule has 102 valence electrons. The summed E-state index contributed by atoms with van der Waals surface area (Å²) < 4.78 is 24.3. The summed E-state index contributed by atoms with van der Waals surface area (Å²) in [5, 5.41) is 6.63. The Morgan fingerprint density at radius 3 is 2.50 bits per heavy atom. The van der Waals surface area contributed by atoms with Crippen molar-refractivity contribution in [1.29, 1.82) is 0 Å². The highest BCUT2D eigenvalue weighted by atomic mass is 32.2. The third-order valence-electron chi connectivity index (χ3n) is 2.34. The minimum Gasteiger partial charge on any atom is -0.323 e. The lowest BCUT2D eigenvalue weighted by Crippen LogP contribution is -2.24. The van der Waals surface area contributed by atoms with Gasteiger partial charge in [-0.15, -0.1) is 0 Å². The Labute approximate surface area is 107 Å². The number of nitrogens with one attached hydrogen (secondary N) is 1. The van der Waals surface area contributed by atoms with Gasteiger partial charge in [-0.1, -0.05) is 6.92 Å². The maximum Gasteiger partial charge on any atom is 0.239 e. The summed E-state index contributed by atoms with van der Waals surface area (Å²) in [6.07, 6.45) is 3.18. The fourth-order valence-electron chi connectivity index (χ4n) is 1.25. The Bertz CT molecular complexity index is 526. The molecule has 0 bridgehead atoms. The first-order valence-corrected chi connectivity index (χ1v) is 7.51. The summed E-state index contributed by atoms with van der Waals surface area (Å²) in [6, 6.07) is 0. The molecular formula is C11H19N3O3S. The Hall–Kier alpha value is -1.37. The maximum absolute atomic E-state index is 11.5. The molecule has 0 atom stereocenters. The van der Waals surface area contributed by atoms with E-state index in [1.54, 1.807) is 10.9 Å². The SMILES string of the molecule is CCS(=O)(=O)CC(=O)Nc1cnn(C(C)(C)C)c1. The molecule has 0 saturated carbocycles. The van der Waals surface area contributed by atoms with Gasteiger partial charge in [-0.2, -0.15) is 5.10 Å². The number of hydrogen-bond acceptors (Lipinski definition) is 4. The first kappa shape index (κ1) is 14.7. The number of nitrogens with zero attached hydrogens (tertiary/aromatic N) is 2. The van der Waals surface area contributed by atoms with Crippen molar-refractivity contribution >= 4 is 21.4 Å². The average Bonchev–Trinajstić information content (AvgIpc) is 2.64. The van der Waals surface area contributed by atoms with Gasteiger partial charge in [0.2, 0.25) is 5.91 Å². The first-order chi connectivity index (χ1) is 8.14. The molecule has 1 N–H and O–H groups in total. The minimum atomic E-state index is -3.30. The van der Waals surface area contributed by atoms with Crippen LogP contribution in [0.25, 0.3) is 0 Å². The lowest BCUT2D eigenvalue weighted by Gasteiger charge is -2.18. The largest absolute Gasteiger partial charge is 0.323 e. The monoisotopic (exact) mass is 273 g/mol. The van der Waals surface area contributed by atoms with Gasteiger partial charge < -0.3 is 5.32 Å². The zero-order valence-corrected chi connectivity index (χ0v) is 11.9. The lowest BCUT2D eigenvalue weighted by atomic mass is 10.1. The topological polar surface area (TPSA) is 81.1 Å². The van der Waals surface area contributed by atoms with E-state index in [0.717, 1.165) is 0 Å². The summed E-state index contributed by atoms with van der Waals surface area (Å²) in [7, 11) is -3.30. The Morgan fingerprint density at radius 2 is 2.06 bits per heavy atom. The number of hydrogen-bond donors (Lipinski definition) is 1. The Balaban J connectivity index is 2.69. The van der Waals surface area contributed by atoms with E-state index in [1.165, 1.54) is 13.1 Å². The predicted molar refractivity (Wildman–Crippen MR) is 70.2 cm³/mol. The highest BCUT2D eigenvalue weighted by Gasteiger charge is 2.17. The molecular weight excluding hydrogens is 254 g/mol. The number of aromatic nitrogens is 2. The smallest absolute Gasteiger partial charge is 0.239 e. The van der Waals surface area contributed by atoms with E-state index in [-0.39, 0.29) is 11.3 Å². The molecule has 1 aromatic rings. The van der Waals surface area contributed by atoms with Crippen LogP contribution in [-0.2, 0) is 20.2 Å². The normalized spacial score (nSPS) is 12.4. The second-order valence-corrected chi connectivity index (χ2v) is 7.42. The number of anilines is 1. The third kappa shape index (κ3) is 4.14. The minimum absolute atomic E-state index is 0.0400. The van der Waals surface area contributed by atoms with Gasteiger partial charge in [0.1, 0.15) is 5.75 Å². The summed E-state index contributed by atoms with van der Waals surface area (Å²) in [4.78, 5) is 11.5. The van der Waals surface area contributed by atoms with Crippen LogP contribution in [0.4, 0.5) is 5.69 Å². The molecule has 0 aliphatic rings. The maximum atomic E-state index is 11.5. The summed E-state index contributed by atoms with van der Waals surface area (Å²) >= 11 is 0. The molecule has 0 aliphatic heterocycles. The van der Waals surface area contributed by atoms with E-state index in [1.807, 2.05) is 20.8 Å². The quantitative estimate of drug-likeness (QED) is 0.887. The van der Waals surface area contributed by atoms with E-state index in [2.05, 4.69) is 10.4 Å². The van der Waals surface area contributed by atoms with Crippen molar-refractivity contribution in [2.75, 3.05) is 16.8 Å². The molecule has 0 aromatic carbocycles. The van der Waals surface area contributed by atoms with Crippen LogP contribution in [0.15, 0.2) is 12.4 Å². The van der Waals surface area contributed by atoms with Crippen molar-refractivity contribution in [3.8, 4) is 0 Å². The van der Waals surface area contributed by atoms with Gasteiger partial charge in [-0.05, 0) is 20.8 Å². The van der Waals surface area contributed by atoms with Gasteiger partial charge in [-0.25, -0.2) is 8.42 Å². The molecule has 7 heteroatoms. The van der Waals surface area contributed by atoms with Crippen LogP contribution in [0.2, 0.25) is 0 Å². The van der Waals surface area contributed by atoms with Crippen LogP contribution in [0.5, 0.6) is 0 Å². The van der Waals surface area contributed by atoms with Crippen molar-refractivity contribution in [2.24, 2.45) is 0 Å². The fraction of sp³-hybridized carbons (Fsp3) is 0.636. The van der Waals surface area contributed by atoms with Crippen molar-refractivity contribution in [1.82, 2.24) is 9.78 Å². The number of carbonyl (C=O) groups is 1. The van der Waals surface area contributed by atoms with Crippen LogP contribution >= 0.6 is 0 Å². The molecule has 0 spiro atoms. The molecule has 0 unspecified atom stereocenters. The standard InChI is InChI=1S/C11H19N3O3S/c1-5-18(16,17)8-10(15)13-9-6-12-14(7-9)11(2,3)4/h6-7H,5,8H2,1-4H3,(H,13,15). The third-order valence-corrected chi connectivity index (χ3v) is 3.93. The van der Waals surface area contributed by atoms with Crippen LogP contribution in [-0.4, -0.2) is 35.6 Å². The lowest BCUT2D eigenvalue weighted by molar-refractivity contribution is -0.113. The fourth-order valence-corrected chi connectivity index (χ4v) is 1.93. The number of rotatable bonds is 4. The van der Waals surface area contributed by atoms with Crippen molar-refractivity contribution < 1.29 is 13.2 Å². The van der Waals surface area contributed by atoms with Crippen molar-refractivity contribution in [3.63, 3.8) is 0 Å². The molecule has 18 heavy (non-hydrogen) atoms. The molecule has 1 heterocycles. The van der Waals surface area contributed by atoms with Crippen LogP contribution in [0.1, 0.15) is 27.7 Å². The molecule has 1 rings (SSSR count). The zero-order chi connectivity index (χ0) is 14.0. The second kappa shape index (κ2) is 5.09. The van der Waals surface area contributed by atoms with Gasteiger partial charge in [0.25, 0.3) is 0 Å². The van der Waals surface area contributed by atoms with Gasteiger partial charge in [-0.3, -0.25) is 9.48 Å². The van der Waals surface area contributed by atoms with Crippen LogP contribution in [0.3, 0.4) is 0 Å². The molecule has 1 aromatic heterocycles. The molecule has 0 saturated heterocycles. The highest BCUT2D eigenvalue weighted by Crippen LogP contribution is 2.15.